The molecule has 2 atom stereocenters. The third-order valence-corrected chi connectivity index (χ3v) is 3.03. The van der Waals surface area contributed by atoms with E-state index in [4.69, 9.17) is 10.5 Å². The van der Waals surface area contributed by atoms with Gasteiger partial charge in [0, 0.05) is 12.5 Å². The first-order chi connectivity index (χ1) is 9.02. The van der Waals surface area contributed by atoms with E-state index in [1.54, 1.807) is 7.11 Å². The maximum atomic E-state index is 11.8. The van der Waals surface area contributed by atoms with Crippen molar-refractivity contribution in [2.45, 2.75) is 45.2 Å². The molecule has 19 heavy (non-hydrogen) atoms. The Morgan fingerprint density at radius 1 is 1.42 bits per heavy atom. The van der Waals surface area contributed by atoms with Gasteiger partial charge in [-0.2, -0.15) is 0 Å². The van der Waals surface area contributed by atoms with Crippen LogP contribution in [0.25, 0.3) is 0 Å². The Morgan fingerprint density at radius 2 is 2.16 bits per heavy atom. The number of benzene rings is 1. The van der Waals surface area contributed by atoms with E-state index in [-0.39, 0.29) is 18.0 Å². The first-order valence-corrected chi connectivity index (χ1v) is 6.72. The van der Waals surface area contributed by atoms with Gasteiger partial charge < -0.3 is 15.8 Å². The third-order valence-electron chi connectivity index (χ3n) is 3.03. The monoisotopic (exact) mass is 264 g/mol. The molecule has 1 aromatic rings. The van der Waals surface area contributed by atoms with Gasteiger partial charge in [0.15, 0.2) is 0 Å². The van der Waals surface area contributed by atoms with Crippen LogP contribution < -0.4 is 15.8 Å². The number of carbonyl (C=O) groups excluding carboxylic acids is 1. The molecule has 1 rings (SSSR count). The number of rotatable bonds is 7. The van der Waals surface area contributed by atoms with Crippen molar-refractivity contribution >= 4 is 5.91 Å². The summed E-state index contributed by atoms with van der Waals surface area (Å²) in [6.07, 6.45) is 2.23. The molecule has 0 spiro atoms. The van der Waals surface area contributed by atoms with Crippen LogP contribution in [0.5, 0.6) is 5.75 Å². The van der Waals surface area contributed by atoms with Gasteiger partial charge in [-0.15, -0.1) is 0 Å². The van der Waals surface area contributed by atoms with Crippen LogP contribution in [0.2, 0.25) is 0 Å². The topological polar surface area (TPSA) is 64.3 Å². The lowest BCUT2D eigenvalue weighted by molar-refractivity contribution is -0.121. The normalized spacial score (nSPS) is 13.7. The minimum Gasteiger partial charge on any atom is -0.497 e. The summed E-state index contributed by atoms with van der Waals surface area (Å²) in [5.74, 6) is 0.867. The van der Waals surface area contributed by atoms with Crippen molar-refractivity contribution in [3.8, 4) is 5.75 Å². The maximum Gasteiger partial charge on any atom is 0.220 e. The van der Waals surface area contributed by atoms with Crippen molar-refractivity contribution in [1.82, 2.24) is 5.32 Å². The Labute approximate surface area is 115 Å². The molecule has 4 nitrogen and oxygen atoms in total. The standard InChI is InChI=1S/C15H24N2O2/c1-11(16)6-4-9-15(18)17-12(2)13-7-5-8-14(10-13)19-3/h5,7-8,10-12H,4,6,9,16H2,1-3H3,(H,17,18). The molecule has 0 fully saturated rings. The van der Waals surface area contributed by atoms with E-state index in [2.05, 4.69) is 5.32 Å². The number of methoxy groups -OCH3 is 1. The number of hydrogen-bond acceptors (Lipinski definition) is 3. The van der Waals surface area contributed by atoms with Gasteiger partial charge in [-0.25, -0.2) is 0 Å². The summed E-state index contributed by atoms with van der Waals surface area (Å²) in [5, 5.41) is 2.99. The number of carbonyl (C=O) groups is 1. The molecule has 4 heteroatoms. The minimum absolute atomic E-state index is 0.0158. The third kappa shape index (κ3) is 5.75. The van der Waals surface area contributed by atoms with Crippen LogP contribution in [0.15, 0.2) is 24.3 Å². The highest BCUT2D eigenvalue weighted by Crippen LogP contribution is 2.18. The lowest BCUT2D eigenvalue weighted by Crippen LogP contribution is -2.26. The van der Waals surface area contributed by atoms with Gasteiger partial charge in [-0.05, 0) is 44.4 Å². The van der Waals surface area contributed by atoms with Crippen LogP contribution in [0, 0.1) is 0 Å². The van der Waals surface area contributed by atoms with Crippen molar-refractivity contribution in [2.24, 2.45) is 5.73 Å². The highest BCUT2D eigenvalue weighted by atomic mass is 16.5. The fourth-order valence-electron chi connectivity index (χ4n) is 1.89. The number of hydrogen-bond donors (Lipinski definition) is 2. The zero-order chi connectivity index (χ0) is 14.3. The van der Waals surface area contributed by atoms with Gasteiger partial charge in [0.25, 0.3) is 0 Å². The number of nitrogens with two attached hydrogens (primary N) is 1. The van der Waals surface area contributed by atoms with Crippen molar-refractivity contribution in [1.29, 1.82) is 0 Å². The van der Waals surface area contributed by atoms with Crippen LogP contribution in [0.3, 0.4) is 0 Å². The second-order valence-corrected chi connectivity index (χ2v) is 4.94. The molecule has 0 aromatic heterocycles. The predicted molar refractivity (Wildman–Crippen MR) is 77.1 cm³/mol. The Kier molecular flexibility index (Phi) is 6.36. The molecule has 0 aliphatic rings. The van der Waals surface area contributed by atoms with Crippen LogP contribution in [0.1, 0.15) is 44.7 Å². The Morgan fingerprint density at radius 3 is 2.79 bits per heavy atom. The van der Waals surface area contributed by atoms with Gasteiger partial charge in [-0.3, -0.25) is 4.79 Å². The van der Waals surface area contributed by atoms with Gasteiger partial charge >= 0.3 is 0 Å². The Balaban J connectivity index is 2.44. The minimum atomic E-state index is -0.0158. The van der Waals surface area contributed by atoms with Gasteiger partial charge in [-0.1, -0.05) is 12.1 Å². The van der Waals surface area contributed by atoms with Crippen LogP contribution >= 0.6 is 0 Å². The van der Waals surface area contributed by atoms with E-state index < -0.39 is 0 Å². The average molecular weight is 264 g/mol. The Hall–Kier alpha value is -1.55. The molecule has 1 aromatic carbocycles. The molecule has 0 bridgehead atoms. The molecule has 3 N–H and O–H groups in total. The summed E-state index contributed by atoms with van der Waals surface area (Å²) >= 11 is 0. The van der Waals surface area contributed by atoms with Crippen LogP contribution in [0.4, 0.5) is 0 Å². The van der Waals surface area contributed by atoms with E-state index in [0.29, 0.717) is 6.42 Å². The van der Waals surface area contributed by atoms with E-state index in [0.717, 1.165) is 24.2 Å². The van der Waals surface area contributed by atoms with E-state index in [1.165, 1.54) is 0 Å². The summed E-state index contributed by atoms with van der Waals surface area (Å²) in [4.78, 5) is 11.8. The predicted octanol–water partition coefficient (Wildman–Crippen LogP) is 2.39. The van der Waals surface area contributed by atoms with Crippen molar-refractivity contribution < 1.29 is 9.53 Å². The average Bonchev–Trinajstić information content (AvgIpc) is 2.38. The van der Waals surface area contributed by atoms with Gasteiger partial charge in [0.1, 0.15) is 5.75 Å². The number of nitrogens with one attached hydrogen (secondary N) is 1. The Bertz CT molecular complexity index is 405. The molecular weight excluding hydrogens is 240 g/mol. The summed E-state index contributed by atoms with van der Waals surface area (Å²) < 4.78 is 5.17. The summed E-state index contributed by atoms with van der Waals surface area (Å²) in [7, 11) is 1.64. The fourth-order valence-corrected chi connectivity index (χ4v) is 1.89. The van der Waals surface area contributed by atoms with E-state index in [1.807, 2.05) is 38.1 Å². The quantitative estimate of drug-likeness (QED) is 0.794. The molecule has 0 radical (unpaired) electrons. The van der Waals surface area contributed by atoms with Crippen LogP contribution in [-0.4, -0.2) is 19.1 Å². The molecule has 2 unspecified atom stereocenters. The van der Waals surface area contributed by atoms with E-state index >= 15 is 0 Å². The SMILES string of the molecule is COc1cccc(C(C)NC(=O)CCCC(C)N)c1. The molecule has 1 amide bonds. The van der Waals surface area contributed by atoms with E-state index in [9.17, 15) is 4.79 Å². The van der Waals surface area contributed by atoms with Gasteiger partial charge in [0.05, 0.1) is 13.2 Å². The van der Waals surface area contributed by atoms with Crippen molar-refractivity contribution in [3.63, 3.8) is 0 Å². The molecule has 106 valence electrons. The zero-order valence-electron chi connectivity index (χ0n) is 12.0. The summed E-state index contributed by atoms with van der Waals surface area (Å²) in [6.45, 7) is 3.93. The molecule has 0 aliphatic carbocycles. The molecular formula is C15H24N2O2. The zero-order valence-corrected chi connectivity index (χ0v) is 12.0. The first-order valence-electron chi connectivity index (χ1n) is 6.72. The highest BCUT2D eigenvalue weighted by Gasteiger charge is 2.10. The second kappa shape index (κ2) is 7.79. The van der Waals surface area contributed by atoms with Crippen molar-refractivity contribution in [2.75, 3.05) is 7.11 Å². The van der Waals surface area contributed by atoms with Gasteiger partial charge in [0.2, 0.25) is 5.91 Å². The summed E-state index contributed by atoms with van der Waals surface area (Å²) in [6, 6.07) is 7.87. The first kappa shape index (κ1) is 15.5. The number of ether oxygens (including phenoxy) is 1. The maximum absolute atomic E-state index is 11.8. The molecule has 0 saturated heterocycles. The lowest BCUT2D eigenvalue weighted by atomic mass is 10.1. The fraction of sp³-hybridized carbons (Fsp3) is 0.533. The lowest BCUT2D eigenvalue weighted by Gasteiger charge is -2.15. The molecule has 0 heterocycles. The molecule has 0 saturated carbocycles. The largest absolute Gasteiger partial charge is 0.497 e. The molecule has 0 aliphatic heterocycles. The van der Waals surface area contributed by atoms with Crippen molar-refractivity contribution in [3.05, 3.63) is 29.8 Å². The highest BCUT2D eigenvalue weighted by molar-refractivity contribution is 5.76. The smallest absolute Gasteiger partial charge is 0.220 e. The number of amides is 1. The van der Waals surface area contributed by atoms with Crippen LogP contribution in [-0.2, 0) is 4.79 Å². The summed E-state index contributed by atoms with van der Waals surface area (Å²) in [5.41, 5.74) is 6.70. The second-order valence-electron chi connectivity index (χ2n) is 4.94.